The van der Waals surface area contributed by atoms with Gasteiger partial charge in [0.2, 0.25) is 0 Å². The standard InChI is InChI=1S/C80H104Br2N4O5S6/c1-13-21-28-50(17-5)44-83-70(66-68(78(83)89)72(60-36-38-64(81)94-60)85(76(66)87)46-52(19-7)30-23-15-3)58-34-32-56(92-58)62-42-54-74(96-62)75-55(91-80(54,12)41-40-49(11)27-25-26-48(9)10)43-63(97-75)57-33-35-59(93-57)71-67-69(79(90)84(71)45-51(18-6)29-22-14-2)73(61-37-39-65(82)95-61)86(77(67)88)47-53(20-8)31-24-16-4/h32,34-39,42-43,48-53,57H,13-31,33,40-41,44-47H2,1-12H3. The molecule has 9 nitrogen and oxygen atoms in total. The first-order valence-corrected chi connectivity index (χ1v) is 43.6. The number of hydrogen-bond acceptors (Lipinski definition) is 11. The Morgan fingerprint density at radius 1 is 0.485 bits per heavy atom. The van der Waals surface area contributed by atoms with Gasteiger partial charge in [0.1, 0.15) is 11.4 Å². The van der Waals surface area contributed by atoms with Gasteiger partial charge in [-0.3, -0.25) is 19.2 Å². The maximum atomic E-state index is 15.6. The van der Waals surface area contributed by atoms with E-state index < -0.39 is 5.60 Å². The zero-order valence-electron chi connectivity index (χ0n) is 59.7. The minimum absolute atomic E-state index is 0.0384. The van der Waals surface area contributed by atoms with Crippen molar-refractivity contribution < 1.29 is 23.9 Å². The van der Waals surface area contributed by atoms with Gasteiger partial charge in [0.15, 0.2) is 0 Å². The summed E-state index contributed by atoms with van der Waals surface area (Å²) in [5.74, 6) is 3.22. The van der Waals surface area contributed by atoms with E-state index >= 15 is 19.2 Å². The summed E-state index contributed by atoms with van der Waals surface area (Å²) in [7, 11) is 0. The van der Waals surface area contributed by atoms with E-state index in [0.717, 1.165) is 192 Å². The molecule has 5 aromatic rings. The Hall–Kier alpha value is -3.81. The number of carbonyl (C=O) groups excluding carboxylic acids is 4. The normalized spacial score (nSPS) is 20.2. The van der Waals surface area contributed by atoms with E-state index in [1.807, 2.05) is 66.2 Å². The summed E-state index contributed by atoms with van der Waals surface area (Å²) in [5.41, 5.74) is 6.08. The molecular formula is C80H104Br2N4O5S6. The van der Waals surface area contributed by atoms with E-state index in [0.29, 0.717) is 84.0 Å². The van der Waals surface area contributed by atoms with Gasteiger partial charge < -0.3 is 24.3 Å². The van der Waals surface area contributed by atoms with Crippen LogP contribution in [-0.4, -0.2) is 69.4 Å². The van der Waals surface area contributed by atoms with Gasteiger partial charge in [-0.1, -0.05) is 179 Å². The van der Waals surface area contributed by atoms with Crippen LogP contribution in [0.1, 0.15) is 255 Å². The van der Waals surface area contributed by atoms with E-state index in [1.54, 1.807) is 34.0 Å². The highest BCUT2D eigenvalue weighted by atomic mass is 79.9. The molecule has 97 heavy (non-hydrogen) atoms. The molecule has 7 unspecified atom stereocenters. The number of allylic oxidation sites excluding steroid dienone is 1. The Morgan fingerprint density at radius 3 is 1.35 bits per heavy atom. The topological polar surface area (TPSA) is 90.5 Å². The molecule has 0 N–H and O–H groups in total. The third-order valence-corrected chi connectivity index (χ3v) is 30.1. The van der Waals surface area contributed by atoms with Crippen LogP contribution in [0.4, 0.5) is 0 Å². The number of thiophene rings is 5. The number of amides is 4. The molecule has 0 radical (unpaired) electrons. The van der Waals surface area contributed by atoms with E-state index in [2.05, 4.69) is 157 Å². The number of thioether (sulfide) groups is 1. The summed E-state index contributed by atoms with van der Waals surface area (Å²) in [6, 6.07) is 17.4. The first-order valence-electron chi connectivity index (χ1n) is 37.0. The maximum Gasteiger partial charge on any atom is 0.261 e. The first kappa shape index (κ1) is 74.4. The monoisotopic (exact) mass is 1550 g/mol. The average molecular weight is 1550 g/mol. The smallest absolute Gasteiger partial charge is 0.261 e. The van der Waals surface area contributed by atoms with Crippen molar-refractivity contribution in [2.75, 3.05) is 26.2 Å². The van der Waals surface area contributed by atoms with Gasteiger partial charge in [-0.05, 0) is 168 Å². The van der Waals surface area contributed by atoms with Crippen LogP contribution in [0, 0.1) is 35.5 Å². The predicted molar refractivity (Wildman–Crippen MR) is 421 cm³/mol. The molecule has 11 rings (SSSR count). The van der Waals surface area contributed by atoms with Crippen molar-refractivity contribution in [2.45, 2.75) is 235 Å². The summed E-state index contributed by atoms with van der Waals surface area (Å²) >= 11 is 17.9. The summed E-state index contributed by atoms with van der Waals surface area (Å²) < 4.78 is 9.47. The van der Waals surface area contributed by atoms with Crippen LogP contribution in [0.2, 0.25) is 0 Å². The zero-order valence-corrected chi connectivity index (χ0v) is 67.7. The number of nitrogens with zero attached hydrogens (tertiary/aromatic N) is 4. The van der Waals surface area contributed by atoms with Crippen LogP contribution in [-0.2, 0) is 24.8 Å². The molecule has 0 fully saturated rings. The predicted octanol–water partition coefficient (Wildman–Crippen LogP) is 24.8. The second-order valence-electron chi connectivity index (χ2n) is 29.0. The third kappa shape index (κ3) is 15.6. The van der Waals surface area contributed by atoms with Crippen molar-refractivity contribution in [3.63, 3.8) is 0 Å². The first-order chi connectivity index (χ1) is 46.8. The van der Waals surface area contributed by atoms with Gasteiger partial charge in [0, 0.05) is 56.5 Å². The van der Waals surface area contributed by atoms with Crippen LogP contribution in [0.5, 0.6) is 5.75 Å². The van der Waals surface area contributed by atoms with Crippen LogP contribution < -0.4 is 4.74 Å². The molecule has 0 bridgehead atoms. The van der Waals surface area contributed by atoms with Crippen LogP contribution in [0.15, 0.2) is 95.1 Å². The summed E-state index contributed by atoms with van der Waals surface area (Å²) in [6.45, 7) is 29.6. The summed E-state index contributed by atoms with van der Waals surface area (Å²) in [6.07, 6.45) is 25.4. The Balaban J connectivity index is 0.974. The SMILES string of the molecule is CCCCC(CC)CN1C(=O)C2=C(c3ccc(Br)s3)N(CC(CC)CCCC)C(=O)C2=C1C1=CCC(c2cc3c(s2)-c2sc(-c4ccc(C5=C6C(=O)N(CC(CC)CCCC)C(c7ccc(Br)s7)=C6C(=O)N5CC(CC)CCCC)s4)cc2C(C)(CCC(C)CCCC(C)C)O3)S1. The molecule has 7 atom stereocenters. The largest absolute Gasteiger partial charge is 0.481 e. The number of fused-ring (bicyclic) bond motifs is 5. The Labute approximate surface area is 621 Å². The molecule has 4 amide bonds. The second-order valence-corrected chi connectivity index (χ2v) is 38.4. The zero-order chi connectivity index (χ0) is 69.0. The third-order valence-electron chi connectivity index (χ3n) is 21.5. The summed E-state index contributed by atoms with van der Waals surface area (Å²) in [5, 5.41) is 0.0586. The van der Waals surface area contributed by atoms with E-state index in [4.69, 9.17) is 4.74 Å². The molecular weight excluding hydrogens is 1450 g/mol. The fraction of sp³-hybridized carbons (Fsp3) is 0.575. The van der Waals surface area contributed by atoms with Gasteiger partial charge >= 0.3 is 0 Å². The molecule has 0 saturated carbocycles. The fourth-order valence-corrected chi connectivity index (χ4v) is 23.4. The second kappa shape index (κ2) is 33.1. The number of rotatable bonds is 37. The minimum Gasteiger partial charge on any atom is -0.481 e. The summed E-state index contributed by atoms with van der Waals surface area (Å²) in [4.78, 5) is 80.1. The highest BCUT2D eigenvalue weighted by molar-refractivity contribution is 9.11. The van der Waals surface area contributed by atoms with Crippen molar-refractivity contribution in [2.24, 2.45) is 35.5 Å². The minimum atomic E-state index is -0.591. The fourth-order valence-electron chi connectivity index (χ4n) is 15.4. The van der Waals surface area contributed by atoms with Crippen molar-refractivity contribution in [3.8, 4) is 25.3 Å². The van der Waals surface area contributed by atoms with Crippen molar-refractivity contribution in [3.05, 3.63) is 120 Å². The van der Waals surface area contributed by atoms with Crippen molar-refractivity contribution in [1.29, 1.82) is 0 Å². The molecule has 5 aromatic heterocycles. The van der Waals surface area contributed by atoms with Crippen molar-refractivity contribution in [1.82, 2.24) is 19.6 Å². The Kier molecular flexibility index (Phi) is 25.4. The molecule has 6 aliphatic rings. The number of carbonyl (C=O) groups is 4. The quantitative estimate of drug-likeness (QED) is 0.0393. The van der Waals surface area contributed by atoms with Gasteiger partial charge in [-0.15, -0.1) is 68.4 Å². The average Bonchev–Trinajstić information content (AvgIpc) is 1.59. The number of halogens is 2. The lowest BCUT2D eigenvalue weighted by molar-refractivity contribution is -0.125. The molecule has 6 aliphatic heterocycles. The molecule has 0 spiro atoms. The Morgan fingerprint density at radius 2 is 0.918 bits per heavy atom. The van der Waals surface area contributed by atoms with Gasteiger partial charge in [0.05, 0.1) is 77.0 Å². The van der Waals surface area contributed by atoms with E-state index in [1.165, 1.54) is 34.6 Å². The number of hydrogen-bond donors (Lipinski definition) is 0. The van der Waals surface area contributed by atoms with E-state index in [9.17, 15) is 0 Å². The van der Waals surface area contributed by atoms with Crippen LogP contribution >= 0.6 is 100 Å². The molecule has 0 aromatic carbocycles. The highest BCUT2D eigenvalue weighted by Gasteiger charge is 2.53. The maximum absolute atomic E-state index is 15.6. The van der Waals surface area contributed by atoms with E-state index in [-0.39, 0.29) is 28.9 Å². The van der Waals surface area contributed by atoms with Crippen molar-refractivity contribution >= 4 is 141 Å². The molecule has 17 heteroatoms. The number of unbranched alkanes of at least 4 members (excludes halogenated alkanes) is 4. The molecule has 524 valence electrons. The molecule has 0 saturated heterocycles. The molecule has 11 heterocycles. The Bertz CT molecular complexity index is 3850. The van der Waals surface area contributed by atoms with Crippen LogP contribution in [0.3, 0.4) is 0 Å². The molecule has 0 aliphatic carbocycles. The van der Waals surface area contributed by atoms with Gasteiger partial charge in [-0.25, -0.2) is 0 Å². The van der Waals surface area contributed by atoms with Gasteiger partial charge in [-0.2, -0.15) is 0 Å². The lowest BCUT2D eigenvalue weighted by atomic mass is 9.85. The highest BCUT2D eigenvalue weighted by Crippen LogP contribution is 2.61. The number of ether oxygens (including phenoxy) is 1. The lowest BCUT2D eigenvalue weighted by Crippen LogP contribution is -2.35. The lowest BCUT2D eigenvalue weighted by Gasteiger charge is -2.35. The van der Waals surface area contributed by atoms with Gasteiger partial charge in [0.25, 0.3) is 23.6 Å². The van der Waals surface area contributed by atoms with Crippen LogP contribution in [0.25, 0.3) is 36.6 Å².